The molecule has 106 valence electrons. The maximum Gasteiger partial charge on any atom is 0.326 e. The molecule has 0 aliphatic carbocycles. The van der Waals surface area contributed by atoms with Crippen molar-refractivity contribution in [1.82, 2.24) is 9.88 Å². The van der Waals surface area contributed by atoms with Gasteiger partial charge < -0.3 is 9.84 Å². The number of amides is 2. The van der Waals surface area contributed by atoms with Gasteiger partial charge in [0.25, 0.3) is 11.8 Å². The number of aliphatic carboxylic acids is 1. The van der Waals surface area contributed by atoms with Crippen LogP contribution in [-0.4, -0.2) is 52.5 Å². The van der Waals surface area contributed by atoms with Gasteiger partial charge in [-0.15, -0.1) is 0 Å². The van der Waals surface area contributed by atoms with Crippen LogP contribution in [-0.2, 0) is 9.53 Å². The van der Waals surface area contributed by atoms with E-state index in [0.717, 1.165) is 4.90 Å². The zero-order chi connectivity index (χ0) is 14.7. The van der Waals surface area contributed by atoms with Crippen LogP contribution in [0.5, 0.6) is 0 Å². The lowest BCUT2D eigenvalue weighted by Crippen LogP contribution is -2.45. The van der Waals surface area contributed by atoms with E-state index in [1.54, 1.807) is 0 Å². The number of aromatic nitrogens is 1. The van der Waals surface area contributed by atoms with Crippen molar-refractivity contribution in [3.63, 3.8) is 0 Å². The summed E-state index contributed by atoms with van der Waals surface area (Å²) in [5.41, 5.74) is 0.158. The molecule has 0 saturated heterocycles. The second-order valence-corrected chi connectivity index (χ2v) is 4.37. The molecule has 2 rings (SSSR count). The number of carboxylic acids is 1. The first-order valence-electron chi connectivity index (χ1n) is 6.12. The molecule has 1 unspecified atom stereocenters. The number of fused-ring (bicyclic) bond motifs is 1. The standard InChI is InChI=1S/C13H14N2O5/c1-20-7-3-5-9(13(18)19)15-11(16)8-4-2-6-14-10(8)12(15)17/h2,4,6,9H,3,5,7H2,1H3,(H,18,19). The van der Waals surface area contributed by atoms with E-state index in [1.165, 1.54) is 25.4 Å². The van der Waals surface area contributed by atoms with E-state index in [2.05, 4.69) is 4.98 Å². The van der Waals surface area contributed by atoms with Crippen molar-refractivity contribution in [3.8, 4) is 0 Å². The van der Waals surface area contributed by atoms with E-state index in [-0.39, 0.29) is 17.7 Å². The fraction of sp³-hybridized carbons (Fsp3) is 0.385. The zero-order valence-corrected chi connectivity index (χ0v) is 10.9. The van der Waals surface area contributed by atoms with Crippen LogP contribution < -0.4 is 0 Å². The second kappa shape index (κ2) is 5.79. The van der Waals surface area contributed by atoms with E-state index in [4.69, 9.17) is 4.74 Å². The SMILES string of the molecule is COCCCC(C(=O)O)N1C(=O)c2cccnc2C1=O. The van der Waals surface area contributed by atoms with E-state index in [0.29, 0.717) is 13.0 Å². The van der Waals surface area contributed by atoms with E-state index >= 15 is 0 Å². The number of hydrogen-bond acceptors (Lipinski definition) is 5. The monoisotopic (exact) mass is 278 g/mol. The van der Waals surface area contributed by atoms with Gasteiger partial charge in [0.05, 0.1) is 5.56 Å². The molecule has 7 heteroatoms. The molecular formula is C13H14N2O5. The third kappa shape index (κ3) is 2.39. The highest BCUT2D eigenvalue weighted by molar-refractivity contribution is 6.21. The summed E-state index contributed by atoms with van der Waals surface area (Å²) in [5, 5.41) is 9.24. The van der Waals surface area contributed by atoms with E-state index in [1.807, 2.05) is 0 Å². The Balaban J connectivity index is 2.25. The number of imide groups is 1. The molecule has 0 aromatic carbocycles. The van der Waals surface area contributed by atoms with Crippen molar-refractivity contribution in [3.05, 3.63) is 29.6 Å². The molecule has 1 aromatic rings. The molecule has 2 heterocycles. The smallest absolute Gasteiger partial charge is 0.326 e. The molecule has 0 fully saturated rings. The van der Waals surface area contributed by atoms with Gasteiger partial charge in [-0.25, -0.2) is 4.79 Å². The third-order valence-corrected chi connectivity index (χ3v) is 3.10. The molecule has 0 radical (unpaired) electrons. The molecule has 0 bridgehead atoms. The highest BCUT2D eigenvalue weighted by Gasteiger charge is 2.43. The molecule has 1 aromatic heterocycles. The summed E-state index contributed by atoms with van der Waals surface area (Å²) in [5.74, 6) is -2.48. The molecule has 1 aliphatic rings. The summed E-state index contributed by atoms with van der Waals surface area (Å²) < 4.78 is 4.86. The topological polar surface area (TPSA) is 96.8 Å². The van der Waals surface area contributed by atoms with Crippen molar-refractivity contribution in [2.45, 2.75) is 18.9 Å². The Labute approximate surface area is 115 Å². The van der Waals surface area contributed by atoms with Gasteiger partial charge in [0.2, 0.25) is 0 Å². The molecule has 0 saturated carbocycles. The fourth-order valence-corrected chi connectivity index (χ4v) is 2.15. The molecule has 0 spiro atoms. The lowest BCUT2D eigenvalue weighted by Gasteiger charge is -2.22. The van der Waals surface area contributed by atoms with Crippen LogP contribution in [0.1, 0.15) is 33.7 Å². The van der Waals surface area contributed by atoms with Gasteiger partial charge in [-0.05, 0) is 25.0 Å². The van der Waals surface area contributed by atoms with Crippen LogP contribution >= 0.6 is 0 Å². The minimum atomic E-state index is -1.21. The second-order valence-electron chi connectivity index (χ2n) is 4.37. The van der Waals surface area contributed by atoms with Gasteiger partial charge in [0, 0.05) is 19.9 Å². The summed E-state index contributed by atoms with van der Waals surface area (Å²) in [6.45, 7) is 0.366. The van der Waals surface area contributed by atoms with Crippen LogP contribution in [0.2, 0.25) is 0 Å². The Morgan fingerprint density at radius 1 is 1.45 bits per heavy atom. The van der Waals surface area contributed by atoms with Crippen molar-refractivity contribution in [2.75, 3.05) is 13.7 Å². The van der Waals surface area contributed by atoms with Crippen LogP contribution in [0.15, 0.2) is 18.3 Å². The lowest BCUT2D eigenvalue weighted by atomic mass is 10.1. The van der Waals surface area contributed by atoms with Crippen molar-refractivity contribution in [1.29, 1.82) is 0 Å². The molecule has 20 heavy (non-hydrogen) atoms. The van der Waals surface area contributed by atoms with E-state index < -0.39 is 23.8 Å². The summed E-state index contributed by atoms with van der Waals surface area (Å²) in [7, 11) is 1.50. The number of nitrogens with zero attached hydrogens (tertiary/aromatic N) is 2. The summed E-state index contributed by atoms with van der Waals surface area (Å²) >= 11 is 0. The number of carboxylic acid groups (broad SMARTS) is 1. The number of ether oxygens (including phenoxy) is 1. The van der Waals surface area contributed by atoms with Gasteiger partial charge in [-0.1, -0.05) is 0 Å². The lowest BCUT2D eigenvalue weighted by molar-refractivity contribution is -0.141. The van der Waals surface area contributed by atoms with Gasteiger partial charge in [-0.3, -0.25) is 19.5 Å². The van der Waals surface area contributed by atoms with Crippen molar-refractivity contribution < 1.29 is 24.2 Å². The maximum absolute atomic E-state index is 12.2. The first kappa shape index (κ1) is 14.1. The van der Waals surface area contributed by atoms with Crippen molar-refractivity contribution >= 4 is 17.8 Å². The van der Waals surface area contributed by atoms with Crippen LogP contribution in [0, 0.1) is 0 Å². The highest BCUT2D eigenvalue weighted by Crippen LogP contribution is 2.24. The van der Waals surface area contributed by atoms with Crippen LogP contribution in [0.3, 0.4) is 0 Å². The van der Waals surface area contributed by atoms with E-state index in [9.17, 15) is 19.5 Å². The zero-order valence-electron chi connectivity index (χ0n) is 10.9. The summed E-state index contributed by atoms with van der Waals surface area (Å²) in [6, 6.07) is 1.81. The quantitative estimate of drug-likeness (QED) is 0.603. The average molecular weight is 278 g/mol. The summed E-state index contributed by atoms with van der Waals surface area (Å²) in [6.07, 6.45) is 1.98. The van der Waals surface area contributed by atoms with Gasteiger partial charge >= 0.3 is 5.97 Å². The number of pyridine rings is 1. The minimum Gasteiger partial charge on any atom is -0.480 e. The molecule has 7 nitrogen and oxygen atoms in total. The number of carbonyl (C=O) groups is 3. The number of rotatable bonds is 6. The van der Waals surface area contributed by atoms with Crippen molar-refractivity contribution in [2.24, 2.45) is 0 Å². The molecule has 1 aliphatic heterocycles. The average Bonchev–Trinajstić information content (AvgIpc) is 2.68. The largest absolute Gasteiger partial charge is 0.480 e. The first-order chi connectivity index (χ1) is 9.57. The Bertz CT molecular complexity index is 522. The number of hydrogen-bond donors (Lipinski definition) is 1. The highest BCUT2D eigenvalue weighted by atomic mass is 16.5. The third-order valence-electron chi connectivity index (χ3n) is 3.10. The Morgan fingerprint density at radius 3 is 2.80 bits per heavy atom. The fourth-order valence-electron chi connectivity index (χ4n) is 2.15. The maximum atomic E-state index is 12.2. The van der Waals surface area contributed by atoms with Crippen LogP contribution in [0.4, 0.5) is 0 Å². The Morgan fingerprint density at radius 2 is 2.20 bits per heavy atom. The predicted molar refractivity (Wildman–Crippen MR) is 67.3 cm³/mol. The van der Waals surface area contributed by atoms with Gasteiger partial charge in [-0.2, -0.15) is 0 Å². The molecule has 1 N–H and O–H groups in total. The Hall–Kier alpha value is -2.28. The van der Waals surface area contributed by atoms with Crippen LogP contribution in [0.25, 0.3) is 0 Å². The van der Waals surface area contributed by atoms with Gasteiger partial charge in [0.1, 0.15) is 11.7 Å². The van der Waals surface area contributed by atoms with Gasteiger partial charge in [0.15, 0.2) is 0 Å². The molecule has 1 atom stereocenters. The first-order valence-corrected chi connectivity index (χ1v) is 6.12. The normalized spacial score (nSPS) is 15.3. The minimum absolute atomic E-state index is 0.00971. The Kier molecular flexibility index (Phi) is 4.09. The number of carbonyl (C=O) groups excluding carboxylic acids is 2. The predicted octanol–water partition coefficient (Wildman–Crippen LogP) is 0.557. The molecular weight excluding hydrogens is 264 g/mol. The summed E-state index contributed by atoms with van der Waals surface area (Å²) in [4.78, 5) is 40.2. The number of methoxy groups -OCH3 is 1. The molecule has 2 amide bonds.